The molecule has 0 aliphatic carbocycles. The van der Waals surface area contributed by atoms with Gasteiger partial charge in [0, 0.05) is 0 Å². The maximum absolute atomic E-state index is 12.0. The Morgan fingerprint density at radius 2 is 1.88 bits per heavy atom. The zero-order valence-electron chi connectivity index (χ0n) is 13.8. The number of methoxy groups -OCH3 is 1. The van der Waals surface area contributed by atoms with Crippen molar-refractivity contribution >= 4 is 10.1 Å². The SMILES string of the molecule is COc1cccc2c1OC(c1cccc(C)c1C)C(S(=O)(=O)O)C2. The summed E-state index contributed by atoms with van der Waals surface area (Å²) in [5, 5.41) is -1.06. The van der Waals surface area contributed by atoms with E-state index in [1.165, 1.54) is 0 Å². The molecule has 0 amide bonds. The molecule has 1 aliphatic rings. The fraction of sp³-hybridized carbons (Fsp3) is 0.333. The molecule has 0 spiro atoms. The lowest BCUT2D eigenvalue weighted by molar-refractivity contribution is 0.166. The molecule has 1 heterocycles. The lowest BCUT2D eigenvalue weighted by atomic mass is 9.92. The maximum Gasteiger partial charge on any atom is 0.272 e. The number of rotatable bonds is 3. The molecule has 0 saturated heterocycles. The van der Waals surface area contributed by atoms with Crippen LogP contribution in [0.15, 0.2) is 36.4 Å². The van der Waals surface area contributed by atoms with Crippen molar-refractivity contribution in [3.05, 3.63) is 58.7 Å². The van der Waals surface area contributed by atoms with E-state index < -0.39 is 21.5 Å². The number of benzene rings is 2. The van der Waals surface area contributed by atoms with Gasteiger partial charge in [0.1, 0.15) is 11.4 Å². The quantitative estimate of drug-likeness (QED) is 0.862. The van der Waals surface area contributed by atoms with Crippen LogP contribution in [0.3, 0.4) is 0 Å². The van der Waals surface area contributed by atoms with Crippen LogP contribution in [0.5, 0.6) is 11.5 Å². The molecule has 5 nitrogen and oxygen atoms in total. The normalized spacial score (nSPS) is 20.2. The summed E-state index contributed by atoms with van der Waals surface area (Å²) < 4.78 is 45.1. The van der Waals surface area contributed by atoms with Crippen LogP contribution in [-0.4, -0.2) is 25.3 Å². The Balaban J connectivity index is 2.17. The molecule has 2 atom stereocenters. The summed E-state index contributed by atoms with van der Waals surface area (Å²) in [5.74, 6) is 1.09. The second-order valence-corrected chi connectivity index (χ2v) is 7.67. The van der Waals surface area contributed by atoms with Crippen LogP contribution in [0.4, 0.5) is 0 Å². The van der Waals surface area contributed by atoms with Crippen molar-refractivity contribution in [2.24, 2.45) is 0 Å². The lowest BCUT2D eigenvalue weighted by Gasteiger charge is -2.33. The molecule has 24 heavy (non-hydrogen) atoms. The molecule has 2 aromatic carbocycles. The topological polar surface area (TPSA) is 72.8 Å². The third kappa shape index (κ3) is 2.87. The molecule has 2 unspecified atom stereocenters. The molecule has 0 aromatic heterocycles. The molecular weight excluding hydrogens is 328 g/mol. The second-order valence-electron chi connectivity index (χ2n) is 6.03. The fourth-order valence-electron chi connectivity index (χ4n) is 3.15. The maximum atomic E-state index is 12.0. The molecule has 0 radical (unpaired) electrons. The summed E-state index contributed by atoms with van der Waals surface area (Å²) in [6.45, 7) is 3.88. The first-order valence-corrected chi connectivity index (χ1v) is 9.18. The number of hydrogen-bond acceptors (Lipinski definition) is 4. The minimum Gasteiger partial charge on any atom is -0.493 e. The molecular formula is C18H20O5S. The van der Waals surface area contributed by atoms with Gasteiger partial charge in [-0.1, -0.05) is 30.3 Å². The highest BCUT2D eigenvalue weighted by molar-refractivity contribution is 7.86. The lowest BCUT2D eigenvalue weighted by Crippen LogP contribution is -2.37. The monoisotopic (exact) mass is 348 g/mol. The van der Waals surface area contributed by atoms with Crippen LogP contribution >= 0.6 is 0 Å². The van der Waals surface area contributed by atoms with Crippen LogP contribution < -0.4 is 9.47 Å². The highest BCUT2D eigenvalue weighted by Gasteiger charge is 2.41. The van der Waals surface area contributed by atoms with Gasteiger partial charge in [-0.15, -0.1) is 0 Å². The van der Waals surface area contributed by atoms with Crippen molar-refractivity contribution in [2.45, 2.75) is 31.6 Å². The van der Waals surface area contributed by atoms with Crippen molar-refractivity contribution in [3.8, 4) is 11.5 Å². The summed E-state index contributed by atoms with van der Waals surface area (Å²) >= 11 is 0. The van der Waals surface area contributed by atoms with E-state index in [9.17, 15) is 13.0 Å². The Bertz CT molecular complexity index is 873. The zero-order chi connectivity index (χ0) is 17.5. The average molecular weight is 348 g/mol. The number of para-hydroxylation sites is 1. The number of aryl methyl sites for hydroxylation is 1. The number of fused-ring (bicyclic) bond motifs is 1. The summed E-state index contributed by atoms with van der Waals surface area (Å²) in [6.07, 6.45) is -0.618. The van der Waals surface area contributed by atoms with Crippen LogP contribution in [0.2, 0.25) is 0 Å². The van der Waals surface area contributed by atoms with Gasteiger partial charge < -0.3 is 9.47 Å². The molecule has 1 N–H and O–H groups in total. The highest BCUT2D eigenvalue weighted by Crippen LogP contribution is 2.43. The zero-order valence-corrected chi connectivity index (χ0v) is 14.6. The van der Waals surface area contributed by atoms with Gasteiger partial charge in [-0.05, 0) is 48.6 Å². The smallest absolute Gasteiger partial charge is 0.272 e. The van der Waals surface area contributed by atoms with Crippen LogP contribution in [0.1, 0.15) is 28.4 Å². The summed E-state index contributed by atoms with van der Waals surface area (Å²) in [6, 6.07) is 11.0. The molecule has 3 rings (SSSR count). The van der Waals surface area contributed by atoms with Gasteiger partial charge in [-0.3, -0.25) is 4.55 Å². The molecule has 0 saturated carbocycles. The summed E-state index contributed by atoms with van der Waals surface area (Å²) in [5.41, 5.74) is 3.46. The minimum absolute atomic E-state index is 0.170. The van der Waals surface area contributed by atoms with Gasteiger partial charge in [-0.25, -0.2) is 0 Å². The summed E-state index contributed by atoms with van der Waals surface area (Å²) in [7, 11) is -2.74. The van der Waals surface area contributed by atoms with Crippen molar-refractivity contribution in [3.63, 3.8) is 0 Å². The van der Waals surface area contributed by atoms with E-state index in [-0.39, 0.29) is 6.42 Å². The summed E-state index contributed by atoms with van der Waals surface area (Å²) in [4.78, 5) is 0. The van der Waals surface area contributed by atoms with Crippen molar-refractivity contribution in [1.82, 2.24) is 0 Å². The molecule has 6 heteroatoms. The van der Waals surface area contributed by atoms with Crippen LogP contribution in [-0.2, 0) is 16.5 Å². The number of ether oxygens (including phenoxy) is 2. The van der Waals surface area contributed by atoms with Gasteiger partial charge in [0.25, 0.3) is 10.1 Å². The van der Waals surface area contributed by atoms with E-state index in [0.717, 1.165) is 16.7 Å². The fourth-order valence-corrected chi connectivity index (χ4v) is 4.06. The third-order valence-corrected chi connectivity index (χ3v) is 5.80. The Morgan fingerprint density at radius 1 is 1.17 bits per heavy atom. The van der Waals surface area contributed by atoms with Crippen molar-refractivity contribution in [2.75, 3.05) is 7.11 Å². The Morgan fingerprint density at radius 3 is 2.54 bits per heavy atom. The molecule has 0 fully saturated rings. The van der Waals surface area contributed by atoms with Gasteiger partial charge in [0.2, 0.25) is 0 Å². The molecule has 1 aliphatic heterocycles. The largest absolute Gasteiger partial charge is 0.493 e. The predicted octanol–water partition coefficient (Wildman–Crippen LogP) is 3.24. The first-order chi connectivity index (χ1) is 11.3. The highest BCUT2D eigenvalue weighted by atomic mass is 32.2. The van der Waals surface area contributed by atoms with E-state index in [2.05, 4.69) is 0 Å². The van der Waals surface area contributed by atoms with E-state index in [0.29, 0.717) is 17.1 Å². The van der Waals surface area contributed by atoms with Gasteiger partial charge in [0.05, 0.1) is 7.11 Å². The third-order valence-electron chi connectivity index (χ3n) is 4.62. The van der Waals surface area contributed by atoms with E-state index in [1.54, 1.807) is 25.3 Å². The minimum atomic E-state index is -4.28. The van der Waals surface area contributed by atoms with Gasteiger partial charge in [-0.2, -0.15) is 8.42 Å². The molecule has 128 valence electrons. The van der Waals surface area contributed by atoms with Gasteiger partial charge in [0.15, 0.2) is 11.5 Å². The standard InChI is InChI=1S/C18H20O5S/c1-11-6-4-8-14(12(11)2)18-16(24(19,20)21)10-13-7-5-9-15(22-3)17(13)23-18/h4-9,16,18H,10H2,1-3H3,(H,19,20,21). The van der Waals surface area contributed by atoms with Crippen LogP contribution in [0.25, 0.3) is 0 Å². The first kappa shape index (κ1) is 16.8. The van der Waals surface area contributed by atoms with E-state index in [4.69, 9.17) is 9.47 Å². The Labute approximate surface area is 142 Å². The van der Waals surface area contributed by atoms with Gasteiger partial charge >= 0.3 is 0 Å². The Kier molecular flexibility index (Phi) is 4.27. The van der Waals surface area contributed by atoms with E-state index >= 15 is 0 Å². The van der Waals surface area contributed by atoms with E-state index in [1.807, 2.05) is 32.0 Å². The predicted molar refractivity (Wildman–Crippen MR) is 91.3 cm³/mol. The van der Waals surface area contributed by atoms with Crippen molar-refractivity contribution < 1.29 is 22.4 Å². The Hall–Kier alpha value is -2.05. The van der Waals surface area contributed by atoms with Crippen molar-refractivity contribution in [1.29, 1.82) is 0 Å². The molecule has 0 bridgehead atoms. The first-order valence-electron chi connectivity index (χ1n) is 7.68. The van der Waals surface area contributed by atoms with Crippen LogP contribution in [0, 0.1) is 13.8 Å². The second kappa shape index (κ2) is 6.11. The average Bonchev–Trinajstić information content (AvgIpc) is 2.54. The molecule has 2 aromatic rings. The number of hydrogen-bond donors (Lipinski definition) is 1.